The van der Waals surface area contributed by atoms with Crippen LogP contribution >= 0.6 is 24.0 Å². The van der Waals surface area contributed by atoms with Crippen LogP contribution in [-0.2, 0) is 9.47 Å². The number of halogens is 1. The molecule has 0 amide bonds. The van der Waals surface area contributed by atoms with Crippen LogP contribution in [0.2, 0.25) is 0 Å². The van der Waals surface area contributed by atoms with E-state index in [9.17, 15) is 0 Å². The zero-order valence-corrected chi connectivity index (χ0v) is 21.9. The van der Waals surface area contributed by atoms with Gasteiger partial charge in [-0.1, -0.05) is 90.4 Å². The third kappa shape index (κ3) is 17.4. The summed E-state index contributed by atoms with van der Waals surface area (Å²) in [7, 11) is 3.87. The Bertz CT molecular complexity index is 369. The van der Waals surface area contributed by atoms with Crippen molar-refractivity contribution in [1.82, 2.24) is 9.80 Å². The number of nitrogens with zero attached hydrogens (tertiary/aromatic N) is 2. The number of ether oxygens (including phenoxy) is 2. The Kier molecular flexibility index (Phi) is 21.2. The average molecular weight is 525 g/mol. The summed E-state index contributed by atoms with van der Waals surface area (Å²) in [4.78, 5) is 4.44. The molecule has 0 bridgehead atoms. The highest BCUT2D eigenvalue weighted by Gasteiger charge is 2.15. The molecular formula is C24H49IN2O2. The second-order valence-corrected chi connectivity index (χ2v) is 8.50. The molecule has 0 aromatic carbocycles. The minimum Gasteiger partial charge on any atom is -0.379 e. The zero-order valence-electron chi connectivity index (χ0n) is 19.6. The molecule has 5 heteroatoms. The SMILES string of the molecule is CCCCCCCCCCCCCCCCOCC(CN1C=CN(C)C1)OC.I. The molecule has 1 heterocycles. The summed E-state index contributed by atoms with van der Waals surface area (Å²) in [6.45, 7) is 5.70. The first-order chi connectivity index (χ1) is 13.8. The molecule has 0 saturated carbocycles. The van der Waals surface area contributed by atoms with Gasteiger partial charge in [0.25, 0.3) is 0 Å². The predicted octanol–water partition coefficient (Wildman–Crippen LogP) is 6.79. The molecule has 0 aromatic rings. The summed E-state index contributed by atoms with van der Waals surface area (Å²) in [5.41, 5.74) is 0. The average Bonchev–Trinajstić information content (AvgIpc) is 3.11. The van der Waals surface area contributed by atoms with Crippen molar-refractivity contribution in [2.45, 2.75) is 103 Å². The number of unbranched alkanes of at least 4 members (excludes halogenated alkanes) is 13. The lowest BCUT2D eigenvalue weighted by Gasteiger charge is -2.23. The molecular weight excluding hydrogens is 475 g/mol. The van der Waals surface area contributed by atoms with Crippen LogP contribution in [0.3, 0.4) is 0 Å². The van der Waals surface area contributed by atoms with Gasteiger partial charge >= 0.3 is 0 Å². The molecule has 0 radical (unpaired) electrons. The van der Waals surface area contributed by atoms with E-state index >= 15 is 0 Å². The zero-order chi connectivity index (χ0) is 20.3. The van der Waals surface area contributed by atoms with E-state index in [0.717, 1.165) is 19.8 Å². The van der Waals surface area contributed by atoms with Gasteiger partial charge in [0, 0.05) is 39.7 Å². The van der Waals surface area contributed by atoms with Crippen molar-refractivity contribution in [3.05, 3.63) is 12.4 Å². The highest BCUT2D eigenvalue weighted by Crippen LogP contribution is 2.13. The largest absolute Gasteiger partial charge is 0.379 e. The van der Waals surface area contributed by atoms with Gasteiger partial charge in [-0.2, -0.15) is 0 Å². The van der Waals surface area contributed by atoms with Crippen molar-refractivity contribution >= 4 is 24.0 Å². The van der Waals surface area contributed by atoms with Gasteiger partial charge in [0.05, 0.1) is 19.4 Å². The lowest BCUT2D eigenvalue weighted by Crippen LogP contribution is -2.34. The quantitative estimate of drug-likeness (QED) is 0.129. The van der Waals surface area contributed by atoms with Gasteiger partial charge in [0.2, 0.25) is 0 Å². The molecule has 0 fully saturated rings. The normalized spacial score (nSPS) is 14.4. The van der Waals surface area contributed by atoms with Crippen LogP contribution < -0.4 is 0 Å². The molecule has 1 atom stereocenters. The van der Waals surface area contributed by atoms with Crippen molar-refractivity contribution in [2.24, 2.45) is 0 Å². The van der Waals surface area contributed by atoms with Crippen molar-refractivity contribution < 1.29 is 9.47 Å². The van der Waals surface area contributed by atoms with E-state index in [0.29, 0.717) is 6.61 Å². The van der Waals surface area contributed by atoms with Gasteiger partial charge in [-0.3, -0.25) is 0 Å². The fraction of sp³-hybridized carbons (Fsp3) is 0.917. The maximum absolute atomic E-state index is 5.84. The van der Waals surface area contributed by atoms with E-state index in [1.54, 1.807) is 7.11 Å². The standard InChI is InChI=1S/C24H48N2O2.HI/c1-4-5-6-7-8-9-10-11-12-13-14-15-16-17-20-28-22-24(27-3)21-26-19-18-25(2)23-26;/h18-19,24H,4-17,20-23H2,1-3H3;1H. The summed E-state index contributed by atoms with van der Waals surface area (Å²) in [5.74, 6) is 0. The molecule has 0 aromatic heterocycles. The van der Waals surface area contributed by atoms with Gasteiger partial charge in [-0.25, -0.2) is 0 Å². The Morgan fingerprint density at radius 1 is 0.793 bits per heavy atom. The Morgan fingerprint density at radius 2 is 1.31 bits per heavy atom. The van der Waals surface area contributed by atoms with Gasteiger partial charge in [-0.05, 0) is 6.42 Å². The maximum atomic E-state index is 5.84. The first-order valence-corrected chi connectivity index (χ1v) is 12.0. The van der Waals surface area contributed by atoms with Crippen molar-refractivity contribution in [3.63, 3.8) is 0 Å². The minimum absolute atomic E-state index is 0. The van der Waals surface area contributed by atoms with Crippen molar-refractivity contribution in [3.8, 4) is 0 Å². The van der Waals surface area contributed by atoms with Crippen LogP contribution in [0.25, 0.3) is 0 Å². The number of hydrogen-bond donors (Lipinski definition) is 0. The predicted molar refractivity (Wildman–Crippen MR) is 136 cm³/mol. The van der Waals surface area contributed by atoms with Gasteiger partial charge in [-0.15, -0.1) is 24.0 Å². The summed E-state index contributed by atoms with van der Waals surface area (Å²) in [5, 5.41) is 0. The van der Waals surface area contributed by atoms with Crippen molar-refractivity contribution in [2.75, 3.05) is 40.6 Å². The Balaban J connectivity index is 0.00000784. The van der Waals surface area contributed by atoms with Crippen LogP contribution in [-0.4, -0.2) is 56.5 Å². The fourth-order valence-corrected chi connectivity index (χ4v) is 3.78. The molecule has 174 valence electrons. The molecule has 0 N–H and O–H groups in total. The van der Waals surface area contributed by atoms with E-state index in [1.165, 1.54) is 89.9 Å². The molecule has 0 saturated heterocycles. The monoisotopic (exact) mass is 524 g/mol. The van der Waals surface area contributed by atoms with E-state index in [4.69, 9.17) is 9.47 Å². The highest BCUT2D eigenvalue weighted by molar-refractivity contribution is 14.0. The van der Waals surface area contributed by atoms with Crippen LogP contribution in [0.1, 0.15) is 96.8 Å². The number of hydrogen-bond acceptors (Lipinski definition) is 4. The summed E-state index contributed by atoms with van der Waals surface area (Å²) in [6, 6.07) is 0. The lowest BCUT2D eigenvalue weighted by molar-refractivity contribution is -0.00571. The maximum Gasteiger partial charge on any atom is 0.0979 e. The Morgan fingerprint density at radius 3 is 1.76 bits per heavy atom. The molecule has 1 unspecified atom stereocenters. The van der Waals surface area contributed by atoms with E-state index < -0.39 is 0 Å². The molecule has 0 aliphatic carbocycles. The van der Waals surface area contributed by atoms with Crippen LogP contribution in [0, 0.1) is 0 Å². The summed E-state index contributed by atoms with van der Waals surface area (Å²) in [6.07, 6.45) is 23.9. The summed E-state index contributed by atoms with van der Waals surface area (Å²) < 4.78 is 11.4. The minimum atomic E-state index is 0. The van der Waals surface area contributed by atoms with Crippen molar-refractivity contribution in [1.29, 1.82) is 0 Å². The highest BCUT2D eigenvalue weighted by atomic mass is 127. The third-order valence-electron chi connectivity index (χ3n) is 5.65. The molecule has 0 spiro atoms. The number of rotatable bonds is 20. The number of methoxy groups -OCH3 is 1. The fourth-order valence-electron chi connectivity index (χ4n) is 3.78. The lowest BCUT2D eigenvalue weighted by atomic mass is 10.0. The van der Waals surface area contributed by atoms with Gasteiger partial charge < -0.3 is 19.3 Å². The Labute approximate surface area is 198 Å². The van der Waals surface area contributed by atoms with Crippen LogP contribution in [0.5, 0.6) is 0 Å². The van der Waals surface area contributed by atoms with E-state index in [1.807, 2.05) is 0 Å². The smallest absolute Gasteiger partial charge is 0.0979 e. The molecule has 4 nitrogen and oxygen atoms in total. The molecule has 1 aliphatic heterocycles. The third-order valence-corrected chi connectivity index (χ3v) is 5.65. The molecule has 29 heavy (non-hydrogen) atoms. The van der Waals surface area contributed by atoms with Crippen LogP contribution in [0.15, 0.2) is 12.4 Å². The first-order valence-electron chi connectivity index (χ1n) is 12.0. The van der Waals surface area contributed by atoms with E-state index in [-0.39, 0.29) is 30.1 Å². The van der Waals surface area contributed by atoms with Gasteiger partial charge in [0.1, 0.15) is 0 Å². The first kappa shape index (κ1) is 29.0. The topological polar surface area (TPSA) is 24.9 Å². The molecule has 1 aliphatic rings. The second-order valence-electron chi connectivity index (χ2n) is 8.50. The van der Waals surface area contributed by atoms with E-state index in [2.05, 4.69) is 36.2 Å². The summed E-state index contributed by atoms with van der Waals surface area (Å²) >= 11 is 0. The second kappa shape index (κ2) is 21.2. The Hall–Kier alpha value is -0.0100. The van der Waals surface area contributed by atoms with Gasteiger partial charge in [0.15, 0.2) is 0 Å². The molecule has 1 rings (SSSR count). The van der Waals surface area contributed by atoms with Crippen LogP contribution in [0.4, 0.5) is 0 Å².